The van der Waals surface area contributed by atoms with Gasteiger partial charge >= 0.3 is 0 Å². The lowest BCUT2D eigenvalue weighted by molar-refractivity contribution is 0.0572. The molecular weight excluding hydrogens is 194 g/mol. The number of pyridine rings is 1. The van der Waals surface area contributed by atoms with Crippen LogP contribution in [-0.4, -0.2) is 40.5 Å². The van der Waals surface area contributed by atoms with Crippen LogP contribution in [-0.2, 0) is 0 Å². The highest BCUT2D eigenvalue weighted by Gasteiger charge is 2.30. The number of aromatic nitrogens is 1. The molecule has 1 aliphatic heterocycles. The highest BCUT2D eigenvalue weighted by Crippen LogP contribution is 2.22. The summed E-state index contributed by atoms with van der Waals surface area (Å²) in [4.78, 5) is 5.69. The van der Waals surface area contributed by atoms with E-state index in [1.165, 1.54) is 0 Å². The molecule has 1 aliphatic rings. The SMILES string of the molecule is N#Cc1ncccc1N1CC(O)C(O)C1. The topological polar surface area (TPSA) is 80.4 Å². The highest BCUT2D eigenvalue weighted by atomic mass is 16.3. The molecule has 0 spiro atoms. The maximum Gasteiger partial charge on any atom is 0.163 e. The number of hydrogen-bond acceptors (Lipinski definition) is 5. The van der Waals surface area contributed by atoms with Crippen LogP contribution in [0.5, 0.6) is 0 Å². The number of nitrogens with zero attached hydrogens (tertiary/aromatic N) is 3. The monoisotopic (exact) mass is 205 g/mol. The Bertz CT molecular complexity index is 392. The number of aliphatic hydroxyl groups excluding tert-OH is 2. The molecule has 2 rings (SSSR count). The van der Waals surface area contributed by atoms with Gasteiger partial charge in [0.1, 0.15) is 6.07 Å². The molecule has 1 saturated heterocycles. The van der Waals surface area contributed by atoms with Crippen LogP contribution in [0.3, 0.4) is 0 Å². The fraction of sp³-hybridized carbons (Fsp3) is 0.400. The maximum absolute atomic E-state index is 9.40. The van der Waals surface area contributed by atoms with Crippen molar-refractivity contribution in [1.82, 2.24) is 4.98 Å². The zero-order chi connectivity index (χ0) is 10.8. The smallest absolute Gasteiger partial charge is 0.163 e. The van der Waals surface area contributed by atoms with Gasteiger partial charge in [0.15, 0.2) is 5.69 Å². The average molecular weight is 205 g/mol. The number of hydrogen-bond donors (Lipinski definition) is 2. The summed E-state index contributed by atoms with van der Waals surface area (Å²) in [6.07, 6.45) is 0.0406. The number of aliphatic hydroxyl groups is 2. The van der Waals surface area contributed by atoms with Crippen LogP contribution in [0.4, 0.5) is 5.69 Å². The number of β-amino-alcohol motifs (C(OH)–C–C–N with tert-alkyl or cyclic N) is 2. The Hall–Kier alpha value is -1.64. The van der Waals surface area contributed by atoms with E-state index >= 15 is 0 Å². The lowest BCUT2D eigenvalue weighted by Gasteiger charge is -2.17. The fourth-order valence-corrected chi connectivity index (χ4v) is 1.70. The molecule has 15 heavy (non-hydrogen) atoms. The van der Waals surface area contributed by atoms with Crippen molar-refractivity contribution < 1.29 is 10.2 Å². The molecule has 0 bridgehead atoms. The van der Waals surface area contributed by atoms with Crippen molar-refractivity contribution in [2.75, 3.05) is 18.0 Å². The first-order valence-corrected chi connectivity index (χ1v) is 4.68. The average Bonchev–Trinajstić information content (AvgIpc) is 2.59. The minimum absolute atomic E-state index is 0.318. The quantitative estimate of drug-likeness (QED) is 0.645. The molecule has 0 saturated carbocycles. The molecule has 0 aliphatic carbocycles. The molecule has 2 atom stereocenters. The first kappa shape index (κ1) is 9.90. The van der Waals surface area contributed by atoms with Gasteiger partial charge in [0.05, 0.1) is 17.9 Å². The molecule has 0 radical (unpaired) electrons. The van der Waals surface area contributed by atoms with E-state index in [2.05, 4.69) is 4.98 Å². The first-order chi connectivity index (χ1) is 7.22. The maximum atomic E-state index is 9.40. The molecule has 5 nitrogen and oxygen atoms in total. The Labute approximate surface area is 87.2 Å². The van der Waals surface area contributed by atoms with Crippen molar-refractivity contribution in [3.8, 4) is 6.07 Å². The number of nitriles is 1. The van der Waals surface area contributed by atoms with Gasteiger partial charge in [-0.05, 0) is 12.1 Å². The minimum atomic E-state index is -0.753. The molecule has 78 valence electrons. The molecule has 1 aromatic rings. The van der Waals surface area contributed by atoms with E-state index in [4.69, 9.17) is 5.26 Å². The van der Waals surface area contributed by atoms with Crippen molar-refractivity contribution in [1.29, 1.82) is 5.26 Å². The second-order valence-electron chi connectivity index (χ2n) is 3.52. The standard InChI is InChI=1S/C10H11N3O2/c11-4-7-8(2-1-3-12-7)13-5-9(14)10(15)6-13/h1-3,9-10,14-15H,5-6H2. The predicted molar refractivity (Wildman–Crippen MR) is 53.2 cm³/mol. The zero-order valence-electron chi connectivity index (χ0n) is 8.04. The van der Waals surface area contributed by atoms with E-state index in [1.54, 1.807) is 23.2 Å². The van der Waals surface area contributed by atoms with E-state index < -0.39 is 12.2 Å². The molecule has 2 unspecified atom stereocenters. The van der Waals surface area contributed by atoms with Crippen molar-refractivity contribution in [3.05, 3.63) is 24.0 Å². The van der Waals surface area contributed by atoms with E-state index in [0.717, 1.165) is 0 Å². The summed E-state index contributed by atoms with van der Waals surface area (Å²) >= 11 is 0. The van der Waals surface area contributed by atoms with Crippen molar-refractivity contribution in [2.24, 2.45) is 0 Å². The van der Waals surface area contributed by atoms with Crippen LogP contribution < -0.4 is 4.90 Å². The lowest BCUT2D eigenvalue weighted by Crippen LogP contribution is -2.22. The Morgan fingerprint density at radius 3 is 2.67 bits per heavy atom. The second-order valence-corrected chi connectivity index (χ2v) is 3.52. The van der Waals surface area contributed by atoms with Gasteiger partial charge in [0.2, 0.25) is 0 Å². The summed E-state index contributed by atoms with van der Waals surface area (Å²) in [7, 11) is 0. The molecule has 0 amide bonds. The third-order valence-electron chi connectivity index (χ3n) is 2.49. The zero-order valence-corrected chi connectivity index (χ0v) is 8.04. The Morgan fingerprint density at radius 1 is 1.40 bits per heavy atom. The summed E-state index contributed by atoms with van der Waals surface area (Å²) < 4.78 is 0. The van der Waals surface area contributed by atoms with Gasteiger partial charge in [0, 0.05) is 19.3 Å². The van der Waals surface area contributed by atoms with Crippen LogP contribution in [0.1, 0.15) is 5.69 Å². The summed E-state index contributed by atoms with van der Waals surface area (Å²) in [5, 5.41) is 27.6. The van der Waals surface area contributed by atoms with Gasteiger partial charge in [0.25, 0.3) is 0 Å². The summed E-state index contributed by atoms with van der Waals surface area (Å²) in [6.45, 7) is 0.670. The van der Waals surface area contributed by atoms with Gasteiger partial charge in [-0.1, -0.05) is 0 Å². The van der Waals surface area contributed by atoms with Crippen LogP contribution in [0.2, 0.25) is 0 Å². The lowest BCUT2D eigenvalue weighted by atomic mass is 10.3. The third kappa shape index (κ3) is 1.77. The Kier molecular flexibility index (Phi) is 2.54. The number of rotatable bonds is 1. The molecule has 0 aromatic carbocycles. The van der Waals surface area contributed by atoms with Gasteiger partial charge in [-0.25, -0.2) is 4.98 Å². The molecule has 1 aromatic heterocycles. The van der Waals surface area contributed by atoms with Crippen LogP contribution >= 0.6 is 0 Å². The summed E-state index contributed by atoms with van der Waals surface area (Å²) in [5.41, 5.74) is 0.981. The summed E-state index contributed by atoms with van der Waals surface area (Å²) in [5.74, 6) is 0. The second kappa shape index (κ2) is 3.85. The first-order valence-electron chi connectivity index (χ1n) is 4.68. The van der Waals surface area contributed by atoms with Crippen molar-refractivity contribution >= 4 is 5.69 Å². The normalized spacial score (nSPS) is 25.3. The van der Waals surface area contributed by atoms with Gasteiger partial charge in [-0.2, -0.15) is 5.26 Å². The minimum Gasteiger partial charge on any atom is -0.389 e. The largest absolute Gasteiger partial charge is 0.389 e. The van der Waals surface area contributed by atoms with Gasteiger partial charge < -0.3 is 15.1 Å². The van der Waals surface area contributed by atoms with Crippen LogP contribution in [0.15, 0.2) is 18.3 Å². The van der Waals surface area contributed by atoms with E-state index in [0.29, 0.717) is 24.5 Å². The summed E-state index contributed by atoms with van der Waals surface area (Å²) in [6, 6.07) is 5.48. The third-order valence-corrected chi connectivity index (χ3v) is 2.49. The molecule has 2 N–H and O–H groups in total. The van der Waals surface area contributed by atoms with E-state index in [1.807, 2.05) is 6.07 Å². The van der Waals surface area contributed by atoms with Crippen molar-refractivity contribution in [3.63, 3.8) is 0 Å². The predicted octanol–water partition coefficient (Wildman–Crippen LogP) is -0.505. The van der Waals surface area contributed by atoms with Crippen LogP contribution in [0.25, 0.3) is 0 Å². The van der Waals surface area contributed by atoms with Crippen LogP contribution in [0, 0.1) is 11.3 Å². The van der Waals surface area contributed by atoms with Gasteiger partial charge in [-0.3, -0.25) is 0 Å². The van der Waals surface area contributed by atoms with E-state index in [-0.39, 0.29) is 0 Å². The molecule has 5 heteroatoms. The van der Waals surface area contributed by atoms with E-state index in [9.17, 15) is 10.2 Å². The molecular formula is C10H11N3O2. The fourth-order valence-electron chi connectivity index (χ4n) is 1.70. The molecule has 1 fully saturated rings. The van der Waals surface area contributed by atoms with Crippen molar-refractivity contribution in [2.45, 2.75) is 12.2 Å². The highest BCUT2D eigenvalue weighted by molar-refractivity contribution is 5.56. The molecule has 2 heterocycles. The van der Waals surface area contributed by atoms with Gasteiger partial charge in [-0.15, -0.1) is 0 Å². The Balaban J connectivity index is 2.28. The number of anilines is 1. The Morgan fingerprint density at radius 2 is 2.07 bits per heavy atom.